The van der Waals surface area contributed by atoms with Crippen LogP contribution in [0.5, 0.6) is 0 Å². The average molecular weight is 229 g/mol. The van der Waals surface area contributed by atoms with E-state index in [4.69, 9.17) is 5.73 Å². The Morgan fingerprint density at radius 1 is 1.29 bits per heavy atom. The Morgan fingerprint density at radius 2 is 2.00 bits per heavy atom. The summed E-state index contributed by atoms with van der Waals surface area (Å²) >= 11 is 0. The Kier molecular flexibility index (Phi) is 3.23. The molecule has 0 aliphatic rings. The Morgan fingerprint density at radius 3 is 2.65 bits per heavy atom. The van der Waals surface area contributed by atoms with Crippen molar-refractivity contribution in [2.24, 2.45) is 0 Å². The number of aromatic amines is 1. The molecule has 4 heteroatoms. The molecule has 2 aromatic rings. The molecule has 4 nitrogen and oxygen atoms in total. The van der Waals surface area contributed by atoms with Gasteiger partial charge in [-0.1, -0.05) is 19.1 Å². The monoisotopic (exact) mass is 229 g/mol. The Balaban J connectivity index is 2.44. The van der Waals surface area contributed by atoms with Crippen LogP contribution in [0.3, 0.4) is 0 Å². The topological polar surface area (TPSA) is 71.8 Å². The largest absolute Gasteiger partial charge is 0.399 e. The predicted octanol–water partition coefficient (Wildman–Crippen LogP) is 1.97. The van der Waals surface area contributed by atoms with Gasteiger partial charge < -0.3 is 10.7 Å². The number of aromatic nitrogens is 2. The Labute approximate surface area is 99.5 Å². The van der Waals surface area contributed by atoms with Crippen LogP contribution in [0, 0.1) is 0 Å². The van der Waals surface area contributed by atoms with Crippen LogP contribution in [-0.4, -0.2) is 9.97 Å². The van der Waals surface area contributed by atoms with E-state index in [1.54, 1.807) is 12.1 Å². The number of nitrogens with two attached hydrogens (primary N) is 1. The zero-order valence-corrected chi connectivity index (χ0v) is 9.73. The number of hydrogen-bond donors (Lipinski definition) is 2. The van der Waals surface area contributed by atoms with E-state index in [1.807, 2.05) is 12.1 Å². The number of anilines is 1. The first-order chi connectivity index (χ1) is 8.19. The predicted molar refractivity (Wildman–Crippen MR) is 68.7 cm³/mol. The molecule has 0 saturated heterocycles. The summed E-state index contributed by atoms with van der Waals surface area (Å²) in [6.07, 6.45) is 1.73. The minimum absolute atomic E-state index is 0.115. The van der Waals surface area contributed by atoms with Gasteiger partial charge in [0.1, 0.15) is 5.82 Å². The quantitative estimate of drug-likeness (QED) is 0.790. The lowest BCUT2D eigenvalue weighted by molar-refractivity contribution is 0.828. The summed E-state index contributed by atoms with van der Waals surface area (Å²) in [4.78, 5) is 18.7. The van der Waals surface area contributed by atoms with Crippen molar-refractivity contribution in [1.29, 1.82) is 0 Å². The zero-order valence-electron chi connectivity index (χ0n) is 9.73. The van der Waals surface area contributed by atoms with Crippen molar-refractivity contribution in [3.05, 3.63) is 46.5 Å². The summed E-state index contributed by atoms with van der Waals surface area (Å²) in [7, 11) is 0. The maximum Gasteiger partial charge on any atom is 0.251 e. The number of H-pyrrole nitrogens is 1. The van der Waals surface area contributed by atoms with Crippen LogP contribution in [0.25, 0.3) is 11.3 Å². The second-order valence-corrected chi connectivity index (χ2v) is 3.95. The molecule has 1 aromatic heterocycles. The summed E-state index contributed by atoms with van der Waals surface area (Å²) in [6, 6.07) is 8.85. The molecule has 0 spiro atoms. The first-order valence-corrected chi connectivity index (χ1v) is 5.65. The van der Waals surface area contributed by atoms with E-state index in [0.717, 1.165) is 24.2 Å². The second kappa shape index (κ2) is 4.82. The summed E-state index contributed by atoms with van der Waals surface area (Å²) in [5.74, 6) is 0.729. The molecular weight excluding hydrogens is 214 g/mol. The van der Waals surface area contributed by atoms with Gasteiger partial charge in [-0.05, 0) is 18.6 Å². The van der Waals surface area contributed by atoms with Gasteiger partial charge in [0.2, 0.25) is 0 Å². The maximum atomic E-state index is 11.5. The minimum Gasteiger partial charge on any atom is -0.399 e. The summed E-state index contributed by atoms with van der Waals surface area (Å²) in [5, 5.41) is 0. The second-order valence-electron chi connectivity index (χ2n) is 3.95. The molecular formula is C13H15N3O. The van der Waals surface area contributed by atoms with Gasteiger partial charge >= 0.3 is 0 Å². The van der Waals surface area contributed by atoms with Gasteiger partial charge in [0, 0.05) is 23.7 Å². The minimum atomic E-state index is -0.115. The lowest BCUT2D eigenvalue weighted by Crippen LogP contribution is -2.10. The SMILES string of the molecule is CCCc1nc(-c2ccc(N)cc2)cc(=O)[nH]1. The van der Waals surface area contributed by atoms with Crippen LogP contribution < -0.4 is 11.3 Å². The van der Waals surface area contributed by atoms with Gasteiger partial charge in [-0.3, -0.25) is 4.79 Å². The highest BCUT2D eigenvalue weighted by Crippen LogP contribution is 2.17. The van der Waals surface area contributed by atoms with Gasteiger partial charge in [-0.25, -0.2) is 4.98 Å². The molecule has 0 atom stereocenters. The number of nitrogen functional groups attached to an aromatic ring is 1. The van der Waals surface area contributed by atoms with Gasteiger partial charge in [0.05, 0.1) is 5.69 Å². The van der Waals surface area contributed by atoms with Crippen molar-refractivity contribution < 1.29 is 0 Å². The van der Waals surface area contributed by atoms with Crippen molar-refractivity contribution >= 4 is 5.69 Å². The Hall–Kier alpha value is -2.10. The normalized spacial score (nSPS) is 10.4. The third-order valence-electron chi connectivity index (χ3n) is 2.48. The van der Waals surface area contributed by atoms with E-state index >= 15 is 0 Å². The van der Waals surface area contributed by atoms with Crippen LogP contribution in [0.1, 0.15) is 19.2 Å². The highest BCUT2D eigenvalue weighted by atomic mass is 16.1. The molecule has 0 unspecified atom stereocenters. The van der Waals surface area contributed by atoms with Gasteiger partial charge in [0.25, 0.3) is 5.56 Å². The molecule has 17 heavy (non-hydrogen) atoms. The molecule has 1 heterocycles. The lowest BCUT2D eigenvalue weighted by atomic mass is 10.1. The van der Waals surface area contributed by atoms with E-state index in [2.05, 4.69) is 16.9 Å². The van der Waals surface area contributed by atoms with Crippen LogP contribution in [0.15, 0.2) is 35.1 Å². The highest BCUT2D eigenvalue weighted by molar-refractivity contribution is 5.61. The number of nitrogens with zero attached hydrogens (tertiary/aromatic N) is 1. The van der Waals surface area contributed by atoms with Crippen LogP contribution >= 0.6 is 0 Å². The standard InChI is InChI=1S/C13H15N3O/c1-2-3-12-15-11(8-13(17)16-12)9-4-6-10(14)7-5-9/h4-8H,2-3,14H2,1H3,(H,15,16,17). The van der Waals surface area contributed by atoms with Crippen LogP contribution in [-0.2, 0) is 6.42 Å². The highest BCUT2D eigenvalue weighted by Gasteiger charge is 2.03. The molecule has 0 aliphatic heterocycles. The van der Waals surface area contributed by atoms with E-state index in [-0.39, 0.29) is 5.56 Å². The molecule has 0 radical (unpaired) electrons. The lowest BCUT2D eigenvalue weighted by Gasteiger charge is -2.03. The average Bonchev–Trinajstić information content (AvgIpc) is 2.29. The fourth-order valence-electron chi connectivity index (χ4n) is 1.67. The van der Waals surface area contributed by atoms with E-state index in [0.29, 0.717) is 11.4 Å². The fraction of sp³-hybridized carbons (Fsp3) is 0.231. The van der Waals surface area contributed by atoms with Crippen molar-refractivity contribution in [3.8, 4) is 11.3 Å². The van der Waals surface area contributed by atoms with E-state index in [9.17, 15) is 4.79 Å². The number of nitrogens with one attached hydrogen (secondary N) is 1. The first kappa shape index (κ1) is 11.4. The number of aryl methyl sites for hydroxylation is 1. The fourth-order valence-corrected chi connectivity index (χ4v) is 1.67. The zero-order chi connectivity index (χ0) is 12.3. The molecule has 0 amide bonds. The van der Waals surface area contributed by atoms with Gasteiger partial charge in [-0.2, -0.15) is 0 Å². The molecule has 1 aromatic carbocycles. The van der Waals surface area contributed by atoms with E-state index < -0.39 is 0 Å². The summed E-state index contributed by atoms with van der Waals surface area (Å²) in [5.41, 5.74) is 7.81. The summed E-state index contributed by atoms with van der Waals surface area (Å²) < 4.78 is 0. The Bertz CT molecular complexity index is 558. The molecule has 2 rings (SSSR count). The van der Waals surface area contributed by atoms with Crippen LogP contribution in [0.2, 0.25) is 0 Å². The molecule has 3 N–H and O–H groups in total. The summed E-state index contributed by atoms with van der Waals surface area (Å²) in [6.45, 7) is 2.05. The van der Waals surface area contributed by atoms with E-state index in [1.165, 1.54) is 6.07 Å². The molecule has 88 valence electrons. The third-order valence-corrected chi connectivity index (χ3v) is 2.48. The maximum absolute atomic E-state index is 11.5. The van der Waals surface area contributed by atoms with Gasteiger partial charge in [-0.15, -0.1) is 0 Å². The molecule has 0 bridgehead atoms. The molecule has 0 fully saturated rings. The van der Waals surface area contributed by atoms with Crippen molar-refractivity contribution in [1.82, 2.24) is 9.97 Å². The number of rotatable bonds is 3. The number of benzene rings is 1. The number of hydrogen-bond acceptors (Lipinski definition) is 3. The first-order valence-electron chi connectivity index (χ1n) is 5.65. The van der Waals surface area contributed by atoms with Crippen LogP contribution in [0.4, 0.5) is 5.69 Å². The van der Waals surface area contributed by atoms with Crippen molar-refractivity contribution in [2.45, 2.75) is 19.8 Å². The smallest absolute Gasteiger partial charge is 0.251 e. The van der Waals surface area contributed by atoms with Crippen molar-refractivity contribution in [3.63, 3.8) is 0 Å². The molecule has 0 saturated carbocycles. The van der Waals surface area contributed by atoms with Crippen molar-refractivity contribution in [2.75, 3.05) is 5.73 Å². The van der Waals surface area contributed by atoms with Gasteiger partial charge in [0.15, 0.2) is 0 Å². The molecule has 0 aliphatic carbocycles. The third kappa shape index (κ3) is 2.72.